The maximum Gasteiger partial charge on any atom is 0.309 e. The van der Waals surface area contributed by atoms with Crippen molar-refractivity contribution in [3.8, 4) is 17.6 Å². The largest absolute Gasteiger partial charge is 0.497 e. The van der Waals surface area contributed by atoms with Crippen LogP contribution in [0.1, 0.15) is 24.5 Å². The molecule has 8 nitrogen and oxygen atoms in total. The van der Waals surface area contributed by atoms with Gasteiger partial charge in [-0.2, -0.15) is 5.26 Å². The van der Waals surface area contributed by atoms with Crippen LogP contribution >= 0.6 is 0 Å². The average Bonchev–Trinajstić information content (AvgIpc) is 3.60. The van der Waals surface area contributed by atoms with Crippen molar-refractivity contribution < 1.29 is 19.0 Å². The molecule has 0 aromatic heterocycles. The van der Waals surface area contributed by atoms with Gasteiger partial charge in [-0.15, -0.1) is 0 Å². The second-order valence-electron chi connectivity index (χ2n) is 8.78. The van der Waals surface area contributed by atoms with E-state index in [-0.39, 0.29) is 29.9 Å². The summed E-state index contributed by atoms with van der Waals surface area (Å²) < 4.78 is 16.1. The number of hydrogen-bond acceptors (Lipinski definition) is 8. The molecule has 0 radical (unpaired) electrons. The average molecular weight is 473 g/mol. The van der Waals surface area contributed by atoms with Crippen LogP contribution in [0.25, 0.3) is 11.3 Å². The highest BCUT2D eigenvalue weighted by Gasteiger charge is 2.52. The molecule has 2 aliphatic heterocycles. The van der Waals surface area contributed by atoms with Crippen LogP contribution in [0, 0.1) is 29.1 Å². The molecule has 1 N–H and O–H groups in total. The van der Waals surface area contributed by atoms with Crippen molar-refractivity contribution in [2.45, 2.75) is 19.5 Å². The molecule has 4 unspecified atom stereocenters. The lowest BCUT2D eigenvalue weighted by Crippen LogP contribution is -2.40. The number of benzene rings is 2. The Bertz CT molecular complexity index is 1210. The first-order chi connectivity index (χ1) is 17.1. The van der Waals surface area contributed by atoms with Crippen molar-refractivity contribution in [2.75, 3.05) is 27.4 Å². The van der Waals surface area contributed by atoms with Crippen LogP contribution in [-0.4, -0.2) is 50.2 Å². The van der Waals surface area contributed by atoms with E-state index in [0.717, 1.165) is 39.6 Å². The van der Waals surface area contributed by atoms with Crippen LogP contribution < -0.4 is 14.9 Å². The Balaban J connectivity index is 1.68. The summed E-state index contributed by atoms with van der Waals surface area (Å²) in [5.74, 6) is 0.740. The molecule has 1 aliphatic carbocycles. The van der Waals surface area contributed by atoms with Gasteiger partial charge in [-0.25, -0.2) is 5.43 Å². The molecular weight excluding hydrogens is 444 g/mol. The monoisotopic (exact) mass is 472 g/mol. The van der Waals surface area contributed by atoms with Crippen molar-refractivity contribution in [1.29, 1.82) is 5.26 Å². The van der Waals surface area contributed by atoms with E-state index in [1.54, 1.807) is 14.2 Å². The number of fused-ring (bicyclic) bond motifs is 1. The van der Waals surface area contributed by atoms with Crippen molar-refractivity contribution >= 4 is 23.0 Å². The summed E-state index contributed by atoms with van der Waals surface area (Å²) in [4.78, 5) is 17.7. The van der Waals surface area contributed by atoms with Gasteiger partial charge in [-0.1, -0.05) is 12.1 Å². The Morgan fingerprint density at radius 3 is 2.29 bits per heavy atom. The Labute approximate surface area is 204 Å². The number of hydrazine groups is 1. The number of carbonyl (C=O) groups excluding carboxylic acids is 1. The third-order valence-corrected chi connectivity index (χ3v) is 6.75. The smallest absolute Gasteiger partial charge is 0.309 e. The lowest BCUT2D eigenvalue weighted by molar-refractivity contribution is -0.144. The minimum atomic E-state index is -0.377. The first-order valence-corrected chi connectivity index (χ1v) is 11.8. The predicted molar refractivity (Wildman–Crippen MR) is 131 cm³/mol. The Hall–Kier alpha value is -3.83. The van der Waals surface area contributed by atoms with Gasteiger partial charge in [-0.3, -0.25) is 14.8 Å². The zero-order chi connectivity index (χ0) is 24.5. The SMILES string of the molecule is CCOC(=O)C1CC1C1=NC2C(C#N)CNN2C(c2ccc(OC)cc2)=C1c1ccc(OC)cc1. The molecule has 35 heavy (non-hydrogen) atoms. The second-order valence-corrected chi connectivity index (χ2v) is 8.78. The van der Waals surface area contributed by atoms with Crippen molar-refractivity contribution in [1.82, 2.24) is 10.4 Å². The number of allylic oxidation sites excluding steroid dienone is 1. The molecule has 180 valence electrons. The molecule has 2 heterocycles. The number of nitrogens with one attached hydrogen (secondary N) is 1. The highest BCUT2D eigenvalue weighted by atomic mass is 16.5. The molecule has 5 rings (SSSR count). The summed E-state index contributed by atoms with van der Waals surface area (Å²) >= 11 is 0. The topological polar surface area (TPSA) is 96.2 Å². The maximum atomic E-state index is 12.6. The van der Waals surface area contributed by atoms with Crippen LogP contribution in [0.3, 0.4) is 0 Å². The third kappa shape index (κ3) is 4.13. The molecule has 0 bridgehead atoms. The molecule has 4 atom stereocenters. The van der Waals surface area contributed by atoms with Crippen LogP contribution in [-0.2, 0) is 9.53 Å². The fourth-order valence-electron chi connectivity index (χ4n) is 4.86. The zero-order valence-corrected chi connectivity index (χ0v) is 20.0. The van der Waals surface area contributed by atoms with Gasteiger partial charge in [-0.05, 0) is 55.3 Å². The van der Waals surface area contributed by atoms with Gasteiger partial charge in [0.25, 0.3) is 0 Å². The van der Waals surface area contributed by atoms with Crippen LogP contribution in [0.2, 0.25) is 0 Å². The van der Waals surface area contributed by atoms with E-state index >= 15 is 0 Å². The molecule has 8 heteroatoms. The number of methoxy groups -OCH3 is 2. The molecular formula is C27H28N4O4. The number of rotatable bonds is 7. The van der Waals surface area contributed by atoms with E-state index in [1.165, 1.54) is 0 Å². The summed E-state index contributed by atoms with van der Waals surface area (Å²) in [6, 6.07) is 18.1. The van der Waals surface area contributed by atoms with Crippen LogP contribution in [0.4, 0.5) is 0 Å². The lowest BCUT2D eigenvalue weighted by Gasteiger charge is -2.35. The van der Waals surface area contributed by atoms with Gasteiger partial charge in [0.15, 0.2) is 6.17 Å². The Morgan fingerprint density at radius 2 is 1.71 bits per heavy atom. The molecule has 2 aromatic rings. The Kier molecular flexibility index (Phi) is 6.18. The van der Waals surface area contributed by atoms with E-state index in [9.17, 15) is 10.1 Å². The molecule has 2 fully saturated rings. The van der Waals surface area contributed by atoms with Crippen molar-refractivity contribution in [2.24, 2.45) is 22.7 Å². The molecule has 3 aliphatic rings. The maximum absolute atomic E-state index is 12.6. The minimum absolute atomic E-state index is 0.0542. The van der Waals surface area contributed by atoms with E-state index in [1.807, 2.05) is 60.5 Å². The number of ether oxygens (including phenoxy) is 3. The van der Waals surface area contributed by atoms with Crippen LogP contribution in [0.15, 0.2) is 53.5 Å². The van der Waals surface area contributed by atoms with Gasteiger partial charge in [0.1, 0.15) is 17.4 Å². The lowest BCUT2D eigenvalue weighted by atomic mass is 9.89. The third-order valence-electron chi connectivity index (χ3n) is 6.75. The molecule has 1 saturated heterocycles. The number of carbonyl (C=O) groups is 1. The highest BCUT2D eigenvalue weighted by Crippen LogP contribution is 2.49. The number of hydrogen-bond donors (Lipinski definition) is 1. The van der Waals surface area contributed by atoms with Gasteiger partial charge < -0.3 is 14.2 Å². The van der Waals surface area contributed by atoms with Crippen molar-refractivity contribution in [3.05, 3.63) is 59.7 Å². The molecule has 2 aromatic carbocycles. The quantitative estimate of drug-likeness (QED) is 0.616. The first kappa shape index (κ1) is 22.9. The van der Waals surface area contributed by atoms with E-state index < -0.39 is 0 Å². The summed E-state index contributed by atoms with van der Waals surface area (Å²) in [6.45, 7) is 2.67. The van der Waals surface area contributed by atoms with Gasteiger partial charge in [0.2, 0.25) is 0 Å². The molecule has 1 saturated carbocycles. The molecule has 0 spiro atoms. The Morgan fingerprint density at radius 1 is 1.09 bits per heavy atom. The van der Waals surface area contributed by atoms with Crippen LogP contribution in [0.5, 0.6) is 11.5 Å². The van der Waals surface area contributed by atoms with E-state index in [4.69, 9.17) is 19.2 Å². The van der Waals surface area contributed by atoms with E-state index in [0.29, 0.717) is 19.6 Å². The summed E-state index contributed by atoms with van der Waals surface area (Å²) in [5, 5.41) is 11.8. The number of nitriles is 1. The predicted octanol–water partition coefficient (Wildman–Crippen LogP) is 3.51. The first-order valence-electron chi connectivity index (χ1n) is 11.8. The van der Waals surface area contributed by atoms with Gasteiger partial charge in [0, 0.05) is 23.6 Å². The summed E-state index contributed by atoms with van der Waals surface area (Å²) in [7, 11) is 3.28. The number of esters is 1. The fourth-order valence-corrected chi connectivity index (χ4v) is 4.86. The minimum Gasteiger partial charge on any atom is -0.497 e. The number of nitrogens with zero attached hydrogens (tertiary/aromatic N) is 3. The standard InChI is InChI=1S/C27H28N4O4/c1-4-35-27(32)22-13-21(22)24-23(16-5-9-19(33-2)10-6-16)25(17-7-11-20(34-3)12-8-17)31-26(30-24)18(14-28)15-29-31/h5-12,18,21-22,26,29H,4,13,15H2,1-3H3. The fraction of sp³-hybridized carbons (Fsp3) is 0.370. The highest BCUT2D eigenvalue weighted by molar-refractivity contribution is 6.33. The number of aliphatic imine (C=N–C) groups is 1. The van der Waals surface area contributed by atoms with Gasteiger partial charge >= 0.3 is 5.97 Å². The van der Waals surface area contributed by atoms with E-state index in [2.05, 4.69) is 11.5 Å². The summed E-state index contributed by atoms with van der Waals surface area (Å²) in [5.41, 5.74) is 8.04. The second kappa shape index (κ2) is 9.43. The zero-order valence-electron chi connectivity index (χ0n) is 20.0. The molecule has 0 amide bonds. The normalized spacial score (nSPS) is 24.9. The van der Waals surface area contributed by atoms with Gasteiger partial charge in [0.05, 0.1) is 44.2 Å². The summed E-state index contributed by atoms with van der Waals surface area (Å²) in [6.07, 6.45) is 0.308. The van der Waals surface area contributed by atoms with Crippen molar-refractivity contribution in [3.63, 3.8) is 0 Å².